The maximum absolute atomic E-state index is 7.57. The summed E-state index contributed by atoms with van der Waals surface area (Å²) in [5, 5.41) is 7.57. The van der Waals surface area contributed by atoms with Crippen LogP contribution in [0, 0.1) is 0 Å². The molecule has 0 saturated carbocycles. The minimum atomic E-state index is -1.72. The average Bonchev–Trinajstić information content (AvgIpc) is 1.33. The van der Waals surface area contributed by atoms with Crippen molar-refractivity contribution in [2.45, 2.75) is 6.92 Å². The predicted octanol–water partition coefficient (Wildman–Crippen LogP) is 1.42. The summed E-state index contributed by atoms with van der Waals surface area (Å²) in [4.78, 5) is 0. The van der Waals surface area contributed by atoms with Gasteiger partial charge in [-0.15, -0.1) is 33.2 Å². The van der Waals surface area contributed by atoms with Crippen LogP contribution in [0.15, 0.2) is 0 Å². The third-order valence-corrected chi connectivity index (χ3v) is 0. The number of rotatable bonds is 0. The molecule has 0 atom stereocenters. The maximum atomic E-state index is 7.57. The van der Waals surface area contributed by atoms with Gasteiger partial charge in [0.1, 0.15) is 0 Å². The molecular formula is C2H7Cl3OSi. The number of halogens is 3. The Morgan fingerprint density at radius 3 is 1.43 bits per heavy atom. The van der Waals surface area contributed by atoms with Crippen molar-refractivity contribution in [2.24, 2.45) is 0 Å². The molecule has 0 aromatic heterocycles. The van der Waals surface area contributed by atoms with Gasteiger partial charge in [0, 0.05) is 6.61 Å². The highest BCUT2D eigenvalue weighted by Gasteiger charge is 1.85. The fourth-order valence-corrected chi connectivity index (χ4v) is 0. The third kappa shape index (κ3) is 164. The second-order valence-corrected chi connectivity index (χ2v) is 7.00. The van der Waals surface area contributed by atoms with Crippen LogP contribution in [0.2, 0.25) is 0 Å². The van der Waals surface area contributed by atoms with Gasteiger partial charge < -0.3 is 5.11 Å². The first-order valence-electron chi connectivity index (χ1n) is 1.68. The van der Waals surface area contributed by atoms with Crippen LogP contribution >= 0.6 is 33.2 Å². The Balaban J connectivity index is 0. The normalized spacial score (nSPS) is 7.71. The molecular weight excluding hydrogens is 174 g/mol. The van der Waals surface area contributed by atoms with Crippen molar-refractivity contribution in [2.75, 3.05) is 6.61 Å². The van der Waals surface area contributed by atoms with Crippen LogP contribution in [0.5, 0.6) is 0 Å². The largest absolute Gasteiger partial charge is 0.397 e. The molecule has 0 aromatic rings. The lowest BCUT2D eigenvalue weighted by atomic mass is 10.9. The molecule has 0 fully saturated rings. The van der Waals surface area contributed by atoms with E-state index in [-0.39, 0.29) is 6.61 Å². The molecule has 0 bridgehead atoms. The standard InChI is InChI=1S/C2H6O.Cl3HSi/c1-2-3;1-4(2)3/h3H,2H2,1H3;4H. The Hall–Kier alpha value is 1.05. The highest BCUT2D eigenvalue weighted by molar-refractivity contribution is 7.54. The molecule has 1 N–H and O–H groups in total. The van der Waals surface area contributed by atoms with Crippen molar-refractivity contribution in [3.05, 3.63) is 0 Å². The number of hydrogen-bond donors (Lipinski definition) is 1. The molecule has 0 saturated heterocycles. The van der Waals surface area contributed by atoms with Gasteiger partial charge in [-0.3, -0.25) is 0 Å². The Morgan fingerprint density at radius 1 is 1.43 bits per heavy atom. The van der Waals surface area contributed by atoms with Gasteiger partial charge in [0.15, 0.2) is 0 Å². The van der Waals surface area contributed by atoms with Gasteiger partial charge in [0.25, 0.3) is 0 Å². The second-order valence-electron chi connectivity index (χ2n) is 0.564. The van der Waals surface area contributed by atoms with E-state index in [4.69, 9.17) is 38.3 Å². The fourth-order valence-electron chi connectivity index (χ4n) is 0. The summed E-state index contributed by atoms with van der Waals surface area (Å²) in [5.41, 5.74) is 0. The maximum Gasteiger partial charge on any atom is 0.326 e. The van der Waals surface area contributed by atoms with Gasteiger partial charge in [0.2, 0.25) is 0 Å². The summed E-state index contributed by atoms with van der Waals surface area (Å²) < 4.78 is 0. The van der Waals surface area contributed by atoms with Crippen molar-refractivity contribution < 1.29 is 5.11 Å². The SMILES string of the molecule is CCO.Cl[SiH](Cl)Cl. The second kappa shape index (κ2) is 10.1. The van der Waals surface area contributed by atoms with E-state index in [1.54, 1.807) is 6.92 Å². The van der Waals surface area contributed by atoms with Crippen LogP contribution in [-0.4, -0.2) is 18.4 Å². The zero-order valence-electron chi connectivity index (χ0n) is 3.87. The van der Waals surface area contributed by atoms with Crippen molar-refractivity contribution in [1.29, 1.82) is 0 Å². The van der Waals surface area contributed by atoms with E-state index >= 15 is 0 Å². The Bertz CT molecular complexity index is 24.1. The van der Waals surface area contributed by atoms with Gasteiger partial charge in [-0.1, -0.05) is 0 Å². The highest BCUT2D eigenvalue weighted by atomic mass is 35.8. The zero-order chi connectivity index (χ0) is 6.28. The fraction of sp³-hybridized carbons (Fsp3) is 1.00. The molecule has 0 aliphatic heterocycles. The molecule has 7 heavy (non-hydrogen) atoms. The van der Waals surface area contributed by atoms with Crippen LogP contribution in [-0.2, 0) is 0 Å². The molecule has 1 nitrogen and oxygen atoms in total. The lowest BCUT2D eigenvalue weighted by Gasteiger charge is -1.65. The van der Waals surface area contributed by atoms with Gasteiger partial charge in [0.05, 0.1) is 0 Å². The molecule has 0 radical (unpaired) electrons. The van der Waals surface area contributed by atoms with E-state index < -0.39 is 6.73 Å². The predicted molar refractivity (Wildman–Crippen MR) is 37.5 cm³/mol. The smallest absolute Gasteiger partial charge is 0.326 e. The minimum Gasteiger partial charge on any atom is -0.397 e. The third-order valence-electron chi connectivity index (χ3n) is 0. The van der Waals surface area contributed by atoms with Crippen LogP contribution < -0.4 is 0 Å². The summed E-state index contributed by atoms with van der Waals surface area (Å²) in [6.45, 7) is 0.208. The molecule has 46 valence electrons. The molecule has 0 unspecified atom stereocenters. The van der Waals surface area contributed by atoms with Crippen LogP contribution in [0.3, 0.4) is 0 Å². The van der Waals surface area contributed by atoms with E-state index in [2.05, 4.69) is 0 Å². The van der Waals surface area contributed by atoms with Crippen molar-refractivity contribution in [3.63, 3.8) is 0 Å². The average molecular weight is 182 g/mol. The van der Waals surface area contributed by atoms with Gasteiger partial charge in [-0.2, -0.15) is 0 Å². The first-order chi connectivity index (χ1) is 3.15. The van der Waals surface area contributed by atoms with Gasteiger partial charge >= 0.3 is 6.73 Å². The monoisotopic (exact) mass is 180 g/mol. The van der Waals surface area contributed by atoms with Crippen molar-refractivity contribution in [1.82, 2.24) is 0 Å². The van der Waals surface area contributed by atoms with E-state index in [0.29, 0.717) is 0 Å². The summed E-state index contributed by atoms with van der Waals surface area (Å²) in [5.74, 6) is 0. The lowest BCUT2D eigenvalue weighted by molar-refractivity contribution is 0.318. The number of aliphatic hydroxyl groups is 1. The zero-order valence-corrected chi connectivity index (χ0v) is 7.29. The molecule has 0 aliphatic carbocycles. The van der Waals surface area contributed by atoms with Gasteiger partial charge in [-0.05, 0) is 6.92 Å². The van der Waals surface area contributed by atoms with Crippen molar-refractivity contribution in [3.8, 4) is 0 Å². The van der Waals surface area contributed by atoms with Crippen LogP contribution in [0.4, 0.5) is 0 Å². The van der Waals surface area contributed by atoms with Crippen LogP contribution in [0.1, 0.15) is 6.92 Å². The lowest BCUT2D eigenvalue weighted by Crippen LogP contribution is -1.66. The molecule has 0 aromatic carbocycles. The first-order valence-corrected chi connectivity index (χ1v) is 6.92. The summed E-state index contributed by atoms with van der Waals surface area (Å²) in [7, 11) is 0. The molecule has 0 spiro atoms. The molecule has 0 amide bonds. The summed E-state index contributed by atoms with van der Waals surface area (Å²) >= 11 is 14.8. The van der Waals surface area contributed by atoms with E-state index in [9.17, 15) is 0 Å². The first kappa shape index (κ1) is 10.9. The summed E-state index contributed by atoms with van der Waals surface area (Å²) in [6, 6.07) is 0. The topological polar surface area (TPSA) is 20.2 Å². The van der Waals surface area contributed by atoms with Crippen molar-refractivity contribution >= 4 is 40.0 Å². The number of aliphatic hydroxyl groups excluding tert-OH is 1. The van der Waals surface area contributed by atoms with E-state index in [0.717, 1.165) is 0 Å². The highest BCUT2D eigenvalue weighted by Crippen LogP contribution is 1.97. The molecule has 5 heteroatoms. The molecule has 0 aliphatic rings. The van der Waals surface area contributed by atoms with E-state index in [1.165, 1.54) is 0 Å². The Morgan fingerprint density at radius 2 is 1.43 bits per heavy atom. The summed E-state index contributed by atoms with van der Waals surface area (Å²) in [6.07, 6.45) is 0. The Kier molecular flexibility index (Phi) is 15.8. The van der Waals surface area contributed by atoms with E-state index in [1.807, 2.05) is 0 Å². The van der Waals surface area contributed by atoms with Gasteiger partial charge in [-0.25, -0.2) is 0 Å². The molecule has 0 rings (SSSR count). The minimum absolute atomic E-state index is 0.250. The Labute approximate surface area is 58.9 Å². The van der Waals surface area contributed by atoms with Crippen LogP contribution in [0.25, 0.3) is 0 Å². The number of hydrogen-bond acceptors (Lipinski definition) is 1. The molecule has 0 heterocycles. The quantitative estimate of drug-likeness (QED) is 0.443.